The Morgan fingerprint density at radius 3 is 2.50 bits per heavy atom. The van der Waals surface area contributed by atoms with E-state index >= 15 is 0 Å². The predicted molar refractivity (Wildman–Crippen MR) is 76.0 cm³/mol. The lowest BCUT2D eigenvalue weighted by Crippen LogP contribution is -2.11. The van der Waals surface area contributed by atoms with E-state index in [9.17, 15) is 13.2 Å². The van der Waals surface area contributed by atoms with Gasteiger partial charge in [0.15, 0.2) is 0 Å². The fourth-order valence-corrected chi connectivity index (χ4v) is 2.99. The van der Waals surface area contributed by atoms with E-state index in [-0.39, 0.29) is 28.7 Å². The van der Waals surface area contributed by atoms with Gasteiger partial charge in [0.05, 0.1) is 17.2 Å². The van der Waals surface area contributed by atoms with Gasteiger partial charge in [-0.3, -0.25) is 0 Å². The van der Waals surface area contributed by atoms with Crippen LogP contribution in [0, 0.1) is 6.92 Å². The molecule has 0 fully saturated rings. The highest BCUT2D eigenvalue weighted by Gasteiger charge is 2.20. The van der Waals surface area contributed by atoms with E-state index in [1.807, 2.05) is 6.92 Å². The molecule has 5 nitrogen and oxygen atoms in total. The standard InChI is InChI=1S/C12H14Cl2O5S/c1-3-18-4-5-19-12(15)9-6-8(2)11(13)10(7-9)20(14,16)17/h6-7H,3-5H2,1-2H3. The van der Waals surface area contributed by atoms with E-state index in [2.05, 4.69) is 0 Å². The maximum atomic E-state index is 11.8. The molecule has 1 aromatic rings. The molecule has 0 amide bonds. The highest BCUT2D eigenvalue weighted by Crippen LogP contribution is 2.29. The van der Waals surface area contributed by atoms with Crippen molar-refractivity contribution in [2.45, 2.75) is 18.7 Å². The van der Waals surface area contributed by atoms with Crippen molar-refractivity contribution in [1.82, 2.24) is 0 Å². The number of ether oxygens (including phenoxy) is 2. The van der Waals surface area contributed by atoms with Crippen molar-refractivity contribution in [2.75, 3.05) is 19.8 Å². The monoisotopic (exact) mass is 340 g/mol. The summed E-state index contributed by atoms with van der Waals surface area (Å²) in [6.07, 6.45) is 0. The molecule has 20 heavy (non-hydrogen) atoms. The van der Waals surface area contributed by atoms with Crippen LogP contribution in [-0.2, 0) is 18.5 Å². The lowest BCUT2D eigenvalue weighted by Gasteiger charge is -2.09. The van der Waals surface area contributed by atoms with Crippen molar-refractivity contribution in [3.8, 4) is 0 Å². The normalized spacial score (nSPS) is 11.4. The number of carbonyl (C=O) groups excluding carboxylic acids is 1. The summed E-state index contributed by atoms with van der Waals surface area (Å²) in [5.41, 5.74) is 0.493. The van der Waals surface area contributed by atoms with E-state index in [0.717, 1.165) is 6.07 Å². The van der Waals surface area contributed by atoms with Crippen LogP contribution >= 0.6 is 22.3 Å². The molecule has 1 aromatic carbocycles. The number of aryl methyl sites for hydroxylation is 1. The summed E-state index contributed by atoms with van der Waals surface area (Å²) in [7, 11) is 1.24. The van der Waals surface area contributed by atoms with Gasteiger partial charge in [0, 0.05) is 17.3 Å². The SMILES string of the molecule is CCOCCOC(=O)c1cc(C)c(Cl)c(S(=O)(=O)Cl)c1. The average Bonchev–Trinajstić information content (AvgIpc) is 2.36. The third kappa shape index (κ3) is 4.63. The topological polar surface area (TPSA) is 69.7 Å². The van der Waals surface area contributed by atoms with E-state index in [4.69, 9.17) is 31.8 Å². The molecule has 0 unspecified atom stereocenters. The number of carbonyl (C=O) groups is 1. The minimum atomic E-state index is -4.03. The predicted octanol–water partition coefficient (Wildman–Crippen LogP) is 2.77. The Bertz CT molecular complexity index is 598. The maximum Gasteiger partial charge on any atom is 0.338 e. The van der Waals surface area contributed by atoms with Crippen LogP contribution in [0.4, 0.5) is 0 Å². The highest BCUT2D eigenvalue weighted by molar-refractivity contribution is 8.13. The molecule has 0 saturated heterocycles. The largest absolute Gasteiger partial charge is 0.460 e. The third-order valence-electron chi connectivity index (χ3n) is 2.38. The Kier molecular flexibility index (Phi) is 6.26. The summed E-state index contributed by atoms with van der Waals surface area (Å²) in [5.74, 6) is -0.661. The van der Waals surface area contributed by atoms with Crippen molar-refractivity contribution >= 4 is 37.3 Å². The van der Waals surface area contributed by atoms with Gasteiger partial charge in [-0.05, 0) is 31.5 Å². The van der Waals surface area contributed by atoms with Crippen LogP contribution in [0.3, 0.4) is 0 Å². The number of hydrogen-bond acceptors (Lipinski definition) is 5. The minimum absolute atomic E-state index is 0.00846. The van der Waals surface area contributed by atoms with Crippen molar-refractivity contribution in [3.63, 3.8) is 0 Å². The molecule has 0 aromatic heterocycles. The van der Waals surface area contributed by atoms with Gasteiger partial charge in [-0.25, -0.2) is 13.2 Å². The van der Waals surface area contributed by atoms with Crippen molar-refractivity contribution in [2.24, 2.45) is 0 Å². The Labute approximate surface area is 127 Å². The molecule has 0 bridgehead atoms. The van der Waals surface area contributed by atoms with E-state index in [0.29, 0.717) is 12.2 Å². The van der Waals surface area contributed by atoms with Gasteiger partial charge in [-0.15, -0.1) is 0 Å². The number of halogens is 2. The maximum absolute atomic E-state index is 11.8. The summed E-state index contributed by atoms with van der Waals surface area (Å²) in [5, 5.41) is -0.00846. The van der Waals surface area contributed by atoms with Crippen molar-refractivity contribution < 1.29 is 22.7 Å². The molecule has 0 aliphatic rings. The first-order chi connectivity index (χ1) is 9.27. The number of hydrogen-bond donors (Lipinski definition) is 0. The van der Waals surface area contributed by atoms with Gasteiger partial charge in [0.2, 0.25) is 0 Å². The zero-order valence-electron chi connectivity index (χ0n) is 11.0. The molecule has 0 saturated carbocycles. The molecular formula is C12H14Cl2O5S. The highest BCUT2D eigenvalue weighted by atomic mass is 35.7. The summed E-state index contributed by atoms with van der Waals surface area (Å²) in [4.78, 5) is 11.5. The zero-order valence-corrected chi connectivity index (χ0v) is 13.3. The molecule has 1 rings (SSSR count). The number of esters is 1. The molecule has 0 aliphatic heterocycles. The first kappa shape index (κ1) is 17.2. The zero-order chi connectivity index (χ0) is 15.3. The van der Waals surface area contributed by atoms with Crippen molar-refractivity contribution in [3.05, 3.63) is 28.3 Å². The second-order valence-corrected chi connectivity index (χ2v) is 6.79. The Balaban J connectivity index is 2.97. The van der Waals surface area contributed by atoms with Crippen LogP contribution in [0.15, 0.2) is 17.0 Å². The van der Waals surface area contributed by atoms with E-state index in [1.165, 1.54) is 6.07 Å². The van der Waals surface area contributed by atoms with Crippen LogP contribution in [-0.4, -0.2) is 34.2 Å². The summed E-state index contributed by atoms with van der Waals surface area (Å²) >= 11 is 5.86. The van der Waals surface area contributed by atoms with Crippen LogP contribution in [0.25, 0.3) is 0 Å². The number of rotatable bonds is 6. The first-order valence-electron chi connectivity index (χ1n) is 5.77. The Hall–Kier alpha value is -0.820. The lowest BCUT2D eigenvalue weighted by molar-refractivity contribution is 0.0335. The van der Waals surface area contributed by atoms with Gasteiger partial charge in [-0.1, -0.05) is 11.6 Å². The molecule has 0 aliphatic carbocycles. The molecular weight excluding hydrogens is 327 g/mol. The van der Waals surface area contributed by atoms with Crippen LogP contribution in [0.2, 0.25) is 5.02 Å². The van der Waals surface area contributed by atoms with Crippen LogP contribution in [0.1, 0.15) is 22.8 Å². The van der Waals surface area contributed by atoms with Gasteiger partial charge < -0.3 is 9.47 Å². The molecule has 112 valence electrons. The Morgan fingerprint density at radius 1 is 1.30 bits per heavy atom. The summed E-state index contributed by atoms with van der Waals surface area (Å²) in [6.45, 7) is 4.27. The number of benzene rings is 1. The molecule has 0 atom stereocenters. The minimum Gasteiger partial charge on any atom is -0.460 e. The third-order valence-corrected chi connectivity index (χ3v) is 4.34. The molecule has 8 heteroatoms. The summed E-state index contributed by atoms with van der Waals surface area (Å²) < 4.78 is 32.8. The lowest BCUT2D eigenvalue weighted by atomic mass is 10.1. The van der Waals surface area contributed by atoms with Crippen LogP contribution < -0.4 is 0 Å². The van der Waals surface area contributed by atoms with Crippen molar-refractivity contribution in [1.29, 1.82) is 0 Å². The molecule has 0 heterocycles. The smallest absolute Gasteiger partial charge is 0.338 e. The average molecular weight is 341 g/mol. The Morgan fingerprint density at radius 2 is 1.95 bits per heavy atom. The fourth-order valence-electron chi connectivity index (χ4n) is 1.45. The van der Waals surface area contributed by atoms with Gasteiger partial charge >= 0.3 is 5.97 Å². The second kappa shape index (κ2) is 7.26. The second-order valence-electron chi connectivity index (χ2n) is 3.88. The van der Waals surface area contributed by atoms with Gasteiger partial charge in [0.1, 0.15) is 11.5 Å². The van der Waals surface area contributed by atoms with E-state index in [1.54, 1.807) is 6.92 Å². The first-order valence-corrected chi connectivity index (χ1v) is 8.45. The molecule has 0 radical (unpaired) electrons. The quantitative estimate of drug-likeness (QED) is 0.452. The molecule has 0 spiro atoms. The molecule has 0 N–H and O–H groups in total. The van der Waals surface area contributed by atoms with Gasteiger partial charge in [-0.2, -0.15) is 0 Å². The van der Waals surface area contributed by atoms with E-state index < -0.39 is 15.0 Å². The summed E-state index contributed by atoms with van der Waals surface area (Å²) in [6, 6.07) is 2.54. The fraction of sp³-hybridized carbons (Fsp3) is 0.417. The van der Waals surface area contributed by atoms with Crippen LogP contribution in [0.5, 0.6) is 0 Å². The van der Waals surface area contributed by atoms with Gasteiger partial charge in [0.25, 0.3) is 9.05 Å².